The molecule has 1 fully saturated rings. The van der Waals surface area contributed by atoms with Gasteiger partial charge in [0.1, 0.15) is 0 Å². The lowest BCUT2D eigenvalue weighted by molar-refractivity contribution is -0.385. The number of carbonyl (C=O) groups is 1. The van der Waals surface area contributed by atoms with Crippen molar-refractivity contribution in [2.45, 2.75) is 19.4 Å². The van der Waals surface area contributed by atoms with E-state index in [1.54, 1.807) is 17.9 Å². The van der Waals surface area contributed by atoms with Crippen LogP contribution in [-0.4, -0.2) is 34.9 Å². The summed E-state index contributed by atoms with van der Waals surface area (Å²) in [7, 11) is 0. The van der Waals surface area contributed by atoms with Crippen molar-refractivity contribution in [2.24, 2.45) is 5.73 Å². The Kier molecular flexibility index (Phi) is 3.29. The van der Waals surface area contributed by atoms with Crippen molar-refractivity contribution >= 4 is 11.6 Å². The van der Waals surface area contributed by atoms with Gasteiger partial charge in [-0.05, 0) is 19.4 Å². The summed E-state index contributed by atoms with van der Waals surface area (Å²) in [6, 6.07) is 4.57. The van der Waals surface area contributed by atoms with E-state index in [0.29, 0.717) is 24.2 Å². The van der Waals surface area contributed by atoms with Crippen molar-refractivity contribution in [3.63, 3.8) is 0 Å². The SMILES string of the molecule is Cc1c(C(=O)N2CCC(N)C2)cccc1[N+](=O)[O-]. The van der Waals surface area contributed by atoms with Gasteiger partial charge in [0.15, 0.2) is 0 Å². The fraction of sp³-hybridized carbons (Fsp3) is 0.417. The van der Waals surface area contributed by atoms with E-state index in [1.165, 1.54) is 12.1 Å². The molecule has 0 aromatic heterocycles. The summed E-state index contributed by atoms with van der Waals surface area (Å²) in [5, 5.41) is 10.8. The van der Waals surface area contributed by atoms with Crippen LogP contribution in [0.4, 0.5) is 5.69 Å². The molecule has 2 N–H and O–H groups in total. The molecule has 1 saturated heterocycles. The van der Waals surface area contributed by atoms with Crippen LogP contribution in [-0.2, 0) is 0 Å². The minimum Gasteiger partial charge on any atom is -0.337 e. The van der Waals surface area contributed by atoms with Crippen LogP contribution in [0.3, 0.4) is 0 Å². The van der Waals surface area contributed by atoms with Crippen LogP contribution >= 0.6 is 0 Å². The molecular formula is C12H15N3O3. The standard InChI is InChI=1S/C12H15N3O3/c1-8-10(3-2-4-11(8)15(17)18)12(16)14-6-5-9(13)7-14/h2-4,9H,5-7,13H2,1H3. The molecule has 0 saturated carbocycles. The second-order valence-corrected chi connectivity index (χ2v) is 4.51. The van der Waals surface area contributed by atoms with Gasteiger partial charge in [-0.15, -0.1) is 0 Å². The summed E-state index contributed by atoms with van der Waals surface area (Å²) >= 11 is 0. The van der Waals surface area contributed by atoms with E-state index in [0.717, 1.165) is 6.42 Å². The molecule has 1 aromatic rings. The van der Waals surface area contributed by atoms with E-state index in [-0.39, 0.29) is 17.6 Å². The highest BCUT2D eigenvalue weighted by molar-refractivity contribution is 5.96. The number of rotatable bonds is 2. The van der Waals surface area contributed by atoms with Crippen molar-refractivity contribution in [2.75, 3.05) is 13.1 Å². The van der Waals surface area contributed by atoms with E-state index in [9.17, 15) is 14.9 Å². The molecule has 6 heteroatoms. The normalized spacial score (nSPS) is 19.0. The first-order valence-electron chi connectivity index (χ1n) is 5.79. The molecular weight excluding hydrogens is 234 g/mol. The lowest BCUT2D eigenvalue weighted by atomic mass is 10.1. The van der Waals surface area contributed by atoms with Crippen molar-refractivity contribution in [3.05, 3.63) is 39.4 Å². The van der Waals surface area contributed by atoms with Crippen LogP contribution in [0, 0.1) is 17.0 Å². The van der Waals surface area contributed by atoms with Crippen LogP contribution < -0.4 is 5.73 Å². The fourth-order valence-electron chi connectivity index (χ4n) is 2.20. The van der Waals surface area contributed by atoms with Crippen molar-refractivity contribution in [1.29, 1.82) is 0 Å². The highest BCUT2D eigenvalue weighted by Crippen LogP contribution is 2.23. The number of likely N-dealkylation sites (tertiary alicyclic amines) is 1. The first-order chi connectivity index (χ1) is 8.50. The van der Waals surface area contributed by atoms with Crippen molar-refractivity contribution < 1.29 is 9.72 Å². The van der Waals surface area contributed by atoms with Crippen LogP contribution in [0.1, 0.15) is 22.3 Å². The molecule has 1 aliphatic rings. The van der Waals surface area contributed by atoms with Crippen LogP contribution in [0.5, 0.6) is 0 Å². The topological polar surface area (TPSA) is 89.5 Å². The fourth-order valence-corrected chi connectivity index (χ4v) is 2.20. The molecule has 2 rings (SSSR count). The van der Waals surface area contributed by atoms with Gasteiger partial charge in [0, 0.05) is 36.3 Å². The third-order valence-corrected chi connectivity index (χ3v) is 3.24. The predicted molar refractivity (Wildman–Crippen MR) is 66.3 cm³/mol. The lowest BCUT2D eigenvalue weighted by Gasteiger charge is -2.16. The number of nitro benzene ring substituents is 1. The minimum absolute atomic E-state index is 0.00736. The summed E-state index contributed by atoms with van der Waals surface area (Å²) in [6.07, 6.45) is 0.777. The molecule has 0 spiro atoms. The average Bonchev–Trinajstić information content (AvgIpc) is 2.75. The summed E-state index contributed by atoms with van der Waals surface area (Å²) in [5.74, 6) is -0.177. The Balaban J connectivity index is 2.31. The lowest BCUT2D eigenvalue weighted by Crippen LogP contribution is -2.32. The van der Waals surface area contributed by atoms with E-state index in [4.69, 9.17) is 5.73 Å². The van der Waals surface area contributed by atoms with Crippen LogP contribution in [0.25, 0.3) is 0 Å². The van der Waals surface area contributed by atoms with Crippen molar-refractivity contribution in [3.8, 4) is 0 Å². The Morgan fingerprint density at radius 1 is 1.56 bits per heavy atom. The zero-order chi connectivity index (χ0) is 13.3. The number of nitro groups is 1. The van der Waals surface area contributed by atoms with E-state index >= 15 is 0 Å². The van der Waals surface area contributed by atoms with Gasteiger partial charge in [0.25, 0.3) is 11.6 Å². The first kappa shape index (κ1) is 12.5. The van der Waals surface area contributed by atoms with Crippen LogP contribution in [0.2, 0.25) is 0 Å². The van der Waals surface area contributed by atoms with Gasteiger partial charge < -0.3 is 10.6 Å². The molecule has 1 amide bonds. The third-order valence-electron chi connectivity index (χ3n) is 3.24. The summed E-state index contributed by atoms with van der Waals surface area (Å²) in [5.41, 5.74) is 6.53. The Labute approximate surface area is 105 Å². The number of hydrogen-bond acceptors (Lipinski definition) is 4. The average molecular weight is 249 g/mol. The molecule has 18 heavy (non-hydrogen) atoms. The molecule has 1 heterocycles. The third kappa shape index (κ3) is 2.19. The van der Waals surface area contributed by atoms with E-state index < -0.39 is 4.92 Å². The maximum atomic E-state index is 12.2. The minimum atomic E-state index is -0.470. The summed E-state index contributed by atoms with van der Waals surface area (Å²) in [6.45, 7) is 2.73. The molecule has 0 aliphatic carbocycles. The van der Waals surface area contributed by atoms with Gasteiger partial charge in [-0.1, -0.05) is 6.07 Å². The molecule has 6 nitrogen and oxygen atoms in total. The smallest absolute Gasteiger partial charge is 0.273 e. The molecule has 1 unspecified atom stereocenters. The highest BCUT2D eigenvalue weighted by atomic mass is 16.6. The second kappa shape index (κ2) is 4.73. The summed E-state index contributed by atoms with van der Waals surface area (Å²) in [4.78, 5) is 24.2. The number of carbonyl (C=O) groups excluding carboxylic acids is 1. The Morgan fingerprint density at radius 3 is 2.83 bits per heavy atom. The van der Waals surface area contributed by atoms with E-state index in [2.05, 4.69) is 0 Å². The number of nitrogens with two attached hydrogens (primary N) is 1. The van der Waals surface area contributed by atoms with Crippen molar-refractivity contribution in [1.82, 2.24) is 4.90 Å². The second-order valence-electron chi connectivity index (χ2n) is 4.51. The van der Waals surface area contributed by atoms with Gasteiger partial charge in [0.2, 0.25) is 0 Å². The number of hydrogen-bond donors (Lipinski definition) is 1. The van der Waals surface area contributed by atoms with Gasteiger partial charge in [-0.2, -0.15) is 0 Å². The van der Waals surface area contributed by atoms with E-state index in [1.807, 2.05) is 0 Å². The number of nitrogens with zero attached hydrogens (tertiary/aromatic N) is 2. The quantitative estimate of drug-likeness (QED) is 0.627. The molecule has 1 aliphatic heterocycles. The maximum absolute atomic E-state index is 12.2. The van der Waals surface area contributed by atoms with Crippen LogP contribution in [0.15, 0.2) is 18.2 Å². The van der Waals surface area contributed by atoms with Gasteiger partial charge >= 0.3 is 0 Å². The first-order valence-corrected chi connectivity index (χ1v) is 5.79. The monoisotopic (exact) mass is 249 g/mol. The molecule has 0 bridgehead atoms. The largest absolute Gasteiger partial charge is 0.337 e. The zero-order valence-corrected chi connectivity index (χ0v) is 10.1. The van der Waals surface area contributed by atoms with Gasteiger partial charge in [-0.25, -0.2) is 0 Å². The zero-order valence-electron chi connectivity index (χ0n) is 10.1. The predicted octanol–water partition coefficient (Wildman–Crippen LogP) is 1.08. The number of amides is 1. The molecule has 1 atom stereocenters. The Bertz CT molecular complexity index is 501. The Morgan fingerprint density at radius 2 is 2.28 bits per heavy atom. The molecule has 1 aromatic carbocycles. The number of benzene rings is 1. The summed E-state index contributed by atoms with van der Waals surface area (Å²) < 4.78 is 0. The molecule has 0 radical (unpaired) electrons. The van der Waals surface area contributed by atoms with Gasteiger partial charge in [-0.3, -0.25) is 14.9 Å². The van der Waals surface area contributed by atoms with Gasteiger partial charge in [0.05, 0.1) is 4.92 Å². The highest BCUT2D eigenvalue weighted by Gasteiger charge is 2.27. The Hall–Kier alpha value is -1.95. The molecule has 96 valence electrons. The maximum Gasteiger partial charge on any atom is 0.273 e.